The number of fused-ring (bicyclic) bond motifs is 1. The third kappa shape index (κ3) is 4.10. The summed E-state index contributed by atoms with van der Waals surface area (Å²) in [5.74, 6) is 0.575. The lowest BCUT2D eigenvalue weighted by atomic mass is 10.1. The second-order valence-electron chi connectivity index (χ2n) is 6.48. The molecule has 0 saturated carbocycles. The first kappa shape index (κ1) is 20.2. The molecular formula is C21H19ClN4O3S. The molecule has 7 nitrogen and oxygen atoms in total. The van der Waals surface area contributed by atoms with Crippen molar-refractivity contribution in [3.8, 4) is 17.0 Å². The number of ether oxygens (including phenoxy) is 2. The molecule has 0 spiro atoms. The SMILES string of the molecule is CCn1ncc2cc(COC(=O)Nc3csnc3-c3ccc(Cl)cc3OC)ccc21. The van der Waals surface area contributed by atoms with E-state index in [1.165, 1.54) is 11.5 Å². The average molecular weight is 443 g/mol. The van der Waals surface area contributed by atoms with Crippen LogP contribution in [-0.2, 0) is 17.9 Å². The summed E-state index contributed by atoms with van der Waals surface area (Å²) in [6.45, 7) is 2.99. The van der Waals surface area contributed by atoms with Gasteiger partial charge in [-0.15, -0.1) is 0 Å². The van der Waals surface area contributed by atoms with Crippen molar-refractivity contribution in [2.45, 2.75) is 20.1 Å². The van der Waals surface area contributed by atoms with Crippen molar-refractivity contribution < 1.29 is 14.3 Å². The molecule has 0 bridgehead atoms. The number of aryl methyl sites for hydroxylation is 1. The number of nitrogens with zero attached hydrogens (tertiary/aromatic N) is 3. The normalized spacial score (nSPS) is 10.9. The van der Waals surface area contributed by atoms with Gasteiger partial charge < -0.3 is 9.47 Å². The maximum atomic E-state index is 12.4. The van der Waals surface area contributed by atoms with Gasteiger partial charge >= 0.3 is 6.09 Å². The number of anilines is 1. The van der Waals surface area contributed by atoms with Gasteiger partial charge in [-0.05, 0) is 54.4 Å². The van der Waals surface area contributed by atoms with Gasteiger partial charge in [0.2, 0.25) is 0 Å². The summed E-state index contributed by atoms with van der Waals surface area (Å²) >= 11 is 7.26. The molecule has 0 aliphatic carbocycles. The van der Waals surface area contributed by atoms with Crippen LogP contribution in [0.2, 0.25) is 5.02 Å². The third-order valence-electron chi connectivity index (χ3n) is 4.60. The minimum Gasteiger partial charge on any atom is -0.496 e. The summed E-state index contributed by atoms with van der Waals surface area (Å²) in [6.07, 6.45) is 1.25. The topological polar surface area (TPSA) is 78.3 Å². The van der Waals surface area contributed by atoms with E-state index in [9.17, 15) is 4.79 Å². The minimum absolute atomic E-state index is 0.149. The number of methoxy groups -OCH3 is 1. The van der Waals surface area contributed by atoms with E-state index in [2.05, 4.69) is 14.8 Å². The highest BCUT2D eigenvalue weighted by Gasteiger charge is 2.16. The first-order chi connectivity index (χ1) is 14.6. The standard InChI is InChI=1S/C21H19ClN4O3S/c1-3-26-18-7-4-13(8-14(18)10-23-26)11-29-21(27)24-17-12-30-25-20(17)16-6-5-15(22)9-19(16)28-2/h4-10,12H,3,11H2,1-2H3,(H,24,27). The smallest absolute Gasteiger partial charge is 0.412 e. The molecule has 9 heteroatoms. The van der Waals surface area contributed by atoms with E-state index in [0.29, 0.717) is 22.2 Å². The Morgan fingerprint density at radius 1 is 1.27 bits per heavy atom. The molecule has 2 heterocycles. The number of carbonyl (C=O) groups is 1. The Morgan fingerprint density at radius 3 is 2.93 bits per heavy atom. The van der Waals surface area contributed by atoms with E-state index < -0.39 is 6.09 Å². The zero-order valence-corrected chi connectivity index (χ0v) is 18.0. The van der Waals surface area contributed by atoms with Crippen molar-refractivity contribution in [3.63, 3.8) is 0 Å². The van der Waals surface area contributed by atoms with Gasteiger partial charge in [0.05, 0.1) is 24.5 Å². The number of halogens is 1. The first-order valence-electron chi connectivity index (χ1n) is 9.25. The Labute approximate surface area is 182 Å². The van der Waals surface area contributed by atoms with Crippen molar-refractivity contribution in [2.75, 3.05) is 12.4 Å². The van der Waals surface area contributed by atoms with E-state index in [1.54, 1.807) is 30.7 Å². The Balaban J connectivity index is 1.45. The molecule has 0 saturated heterocycles. The van der Waals surface area contributed by atoms with E-state index in [4.69, 9.17) is 21.1 Å². The molecule has 4 aromatic rings. The number of aromatic nitrogens is 3. The predicted octanol–water partition coefficient (Wildman–Crippen LogP) is 5.59. The summed E-state index contributed by atoms with van der Waals surface area (Å²) in [7, 11) is 1.56. The predicted molar refractivity (Wildman–Crippen MR) is 118 cm³/mol. The van der Waals surface area contributed by atoms with Gasteiger partial charge in [-0.3, -0.25) is 10.00 Å². The number of hydrogen-bond donors (Lipinski definition) is 1. The lowest BCUT2D eigenvalue weighted by Gasteiger charge is -2.10. The fraction of sp³-hybridized carbons (Fsp3) is 0.190. The van der Waals surface area contributed by atoms with Gasteiger partial charge in [0, 0.05) is 27.9 Å². The molecule has 30 heavy (non-hydrogen) atoms. The van der Waals surface area contributed by atoms with Crippen molar-refractivity contribution in [1.29, 1.82) is 0 Å². The van der Waals surface area contributed by atoms with Gasteiger partial charge in [0.25, 0.3) is 0 Å². The summed E-state index contributed by atoms with van der Waals surface area (Å²) < 4.78 is 17.1. The second-order valence-corrected chi connectivity index (χ2v) is 7.54. The quantitative estimate of drug-likeness (QED) is 0.421. The zero-order valence-electron chi connectivity index (χ0n) is 16.4. The summed E-state index contributed by atoms with van der Waals surface area (Å²) in [5, 5.41) is 10.4. The summed E-state index contributed by atoms with van der Waals surface area (Å²) in [5.41, 5.74) is 3.81. The summed E-state index contributed by atoms with van der Waals surface area (Å²) in [6, 6.07) is 11.1. The lowest BCUT2D eigenvalue weighted by molar-refractivity contribution is 0.155. The molecule has 0 aliphatic heterocycles. The maximum absolute atomic E-state index is 12.4. The molecule has 1 amide bonds. The van der Waals surface area contributed by atoms with Gasteiger partial charge in [0.15, 0.2) is 0 Å². The van der Waals surface area contributed by atoms with Gasteiger partial charge in [-0.25, -0.2) is 4.79 Å². The molecule has 2 aromatic carbocycles. The second kappa shape index (κ2) is 8.73. The fourth-order valence-corrected chi connectivity index (χ4v) is 3.95. The van der Waals surface area contributed by atoms with Crippen LogP contribution in [0.15, 0.2) is 48.0 Å². The largest absolute Gasteiger partial charge is 0.496 e. The molecule has 0 atom stereocenters. The zero-order chi connectivity index (χ0) is 21.1. The van der Waals surface area contributed by atoms with Crippen molar-refractivity contribution >= 4 is 45.8 Å². The number of carbonyl (C=O) groups excluding carboxylic acids is 1. The van der Waals surface area contributed by atoms with Crippen LogP contribution in [0.25, 0.3) is 22.2 Å². The van der Waals surface area contributed by atoms with Crippen LogP contribution in [0, 0.1) is 0 Å². The maximum Gasteiger partial charge on any atom is 0.412 e. The van der Waals surface area contributed by atoms with E-state index in [-0.39, 0.29) is 6.61 Å². The Kier molecular flexibility index (Phi) is 5.87. The van der Waals surface area contributed by atoms with E-state index in [1.807, 2.05) is 36.0 Å². The number of hydrogen-bond acceptors (Lipinski definition) is 6. The van der Waals surface area contributed by atoms with E-state index >= 15 is 0 Å². The van der Waals surface area contributed by atoms with Crippen LogP contribution in [0.1, 0.15) is 12.5 Å². The molecule has 0 radical (unpaired) electrons. The molecule has 1 N–H and O–H groups in total. The van der Waals surface area contributed by atoms with Crippen LogP contribution < -0.4 is 10.1 Å². The van der Waals surface area contributed by atoms with Crippen LogP contribution in [0.5, 0.6) is 5.75 Å². The fourth-order valence-electron chi connectivity index (χ4n) is 3.15. The molecular weight excluding hydrogens is 424 g/mol. The third-order valence-corrected chi connectivity index (χ3v) is 5.46. The van der Waals surface area contributed by atoms with Crippen molar-refractivity contribution in [1.82, 2.24) is 14.2 Å². The minimum atomic E-state index is -0.561. The highest BCUT2D eigenvalue weighted by molar-refractivity contribution is 7.04. The Morgan fingerprint density at radius 2 is 2.13 bits per heavy atom. The molecule has 2 aromatic heterocycles. The van der Waals surface area contributed by atoms with Gasteiger partial charge in [0.1, 0.15) is 18.1 Å². The van der Waals surface area contributed by atoms with Crippen LogP contribution >= 0.6 is 23.1 Å². The molecule has 0 fully saturated rings. The molecule has 0 unspecified atom stereocenters. The van der Waals surface area contributed by atoms with Crippen LogP contribution in [-0.4, -0.2) is 27.4 Å². The first-order valence-corrected chi connectivity index (χ1v) is 10.5. The number of nitrogens with one attached hydrogen (secondary N) is 1. The Hall–Kier alpha value is -3.10. The molecule has 0 aliphatic rings. The van der Waals surface area contributed by atoms with E-state index in [0.717, 1.165) is 28.6 Å². The van der Waals surface area contributed by atoms with Crippen LogP contribution in [0.3, 0.4) is 0 Å². The molecule has 154 valence electrons. The van der Waals surface area contributed by atoms with Gasteiger partial charge in [-0.2, -0.15) is 9.47 Å². The van der Waals surface area contributed by atoms with Gasteiger partial charge in [-0.1, -0.05) is 17.7 Å². The highest BCUT2D eigenvalue weighted by Crippen LogP contribution is 2.36. The number of rotatable bonds is 6. The van der Waals surface area contributed by atoms with Crippen LogP contribution in [0.4, 0.5) is 10.5 Å². The summed E-state index contributed by atoms with van der Waals surface area (Å²) in [4.78, 5) is 12.4. The average Bonchev–Trinajstić information content (AvgIpc) is 3.38. The van der Waals surface area contributed by atoms with Crippen molar-refractivity contribution in [2.24, 2.45) is 0 Å². The van der Waals surface area contributed by atoms with Crippen molar-refractivity contribution in [3.05, 3.63) is 58.6 Å². The monoisotopic (exact) mass is 442 g/mol. The lowest BCUT2D eigenvalue weighted by Crippen LogP contribution is -2.13. The highest BCUT2D eigenvalue weighted by atomic mass is 35.5. The number of amides is 1. The number of benzene rings is 2. The molecule has 4 rings (SSSR count). The Bertz CT molecular complexity index is 1200.